The van der Waals surface area contributed by atoms with Gasteiger partial charge in [0.1, 0.15) is 5.75 Å². The number of carbonyl (C=O) groups is 2. The number of nitrogens with two attached hydrogens (primary N) is 1. The van der Waals surface area contributed by atoms with Crippen molar-refractivity contribution in [3.05, 3.63) is 59.7 Å². The average Bonchev–Trinajstić information content (AvgIpc) is 2.71. The lowest BCUT2D eigenvalue weighted by Crippen LogP contribution is -2.33. The zero-order valence-electron chi connectivity index (χ0n) is 10.6. The number of ether oxygens (including phenoxy) is 1. The maximum Gasteiger partial charge on any atom is 0.264 e. The smallest absolute Gasteiger partial charge is 0.264 e. The molecule has 5 nitrogen and oxygen atoms in total. The second-order valence-corrected chi connectivity index (χ2v) is 4.40. The Hall–Kier alpha value is -2.82. The van der Waals surface area contributed by atoms with Crippen molar-refractivity contribution in [1.82, 2.24) is 4.90 Å². The summed E-state index contributed by atoms with van der Waals surface area (Å²) in [6, 6.07) is 13.6. The van der Waals surface area contributed by atoms with E-state index in [4.69, 9.17) is 10.5 Å². The molecule has 2 amide bonds. The fourth-order valence-electron chi connectivity index (χ4n) is 2.10. The number of carbonyl (C=O) groups excluding carboxylic acids is 2. The van der Waals surface area contributed by atoms with Crippen LogP contribution in [0.25, 0.3) is 0 Å². The molecule has 5 heteroatoms. The first-order valence-electron chi connectivity index (χ1n) is 6.11. The molecule has 0 aliphatic carbocycles. The van der Waals surface area contributed by atoms with E-state index in [1.54, 1.807) is 48.5 Å². The van der Waals surface area contributed by atoms with E-state index in [1.807, 2.05) is 0 Å². The maximum atomic E-state index is 12.1. The van der Waals surface area contributed by atoms with Crippen LogP contribution in [-0.4, -0.2) is 23.4 Å². The van der Waals surface area contributed by atoms with Crippen LogP contribution in [0.5, 0.6) is 5.75 Å². The van der Waals surface area contributed by atoms with Crippen LogP contribution in [0.4, 0.5) is 5.69 Å². The Bertz CT molecular complexity index is 662. The molecule has 1 aliphatic heterocycles. The fraction of sp³-hybridized carbons (Fsp3) is 0.0667. The Labute approximate surface area is 115 Å². The van der Waals surface area contributed by atoms with Gasteiger partial charge in [0.2, 0.25) is 0 Å². The molecule has 0 saturated carbocycles. The number of para-hydroxylation sites is 2. The van der Waals surface area contributed by atoms with Crippen molar-refractivity contribution >= 4 is 17.5 Å². The molecular formula is C15H12N2O3. The van der Waals surface area contributed by atoms with Crippen molar-refractivity contribution in [2.24, 2.45) is 0 Å². The lowest BCUT2D eigenvalue weighted by atomic mass is 10.1. The Morgan fingerprint density at radius 3 is 2.05 bits per heavy atom. The molecule has 2 aromatic carbocycles. The van der Waals surface area contributed by atoms with Gasteiger partial charge in [0.05, 0.1) is 16.8 Å². The minimum atomic E-state index is -0.347. The van der Waals surface area contributed by atoms with E-state index < -0.39 is 0 Å². The molecular weight excluding hydrogens is 256 g/mol. The minimum Gasteiger partial charge on any atom is -0.470 e. The van der Waals surface area contributed by atoms with E-state index in [-0.39, 0.29) is 18.5 Å². The molecule has 2 N–H and O–H groups in total. The molecule has 0 radical (unpaired) electrons. The number of amides is 2. The lowest BCUT2D eigenvalue weighted by Gasteiger charge is -2.15. The fourth-order valence-corrected chi connectivity index (χ4v) is 2.10. The third kappa shape index (κ3) is 1.89. The van der Waals surface area contributed by atoms with Gasteiger partial charge in [-0.3, -0.25) is 9.59 Å². The quantitative estimate of drug-likeness (QED) is 0.681. The molecule has 1 heterocycles. The summed E-state index contributed by atoms with van der Waals surface area (Å²) >= 11 is 0. The molecule has 0 atom stereocenters. The zero-order valence-corrected chi connectivity index (χ0v) is 10.6. The SMILES string of the molecule is Nc1ccccc1OCN1C(=O)c2ccccc2C1=O. The van der Waals surface area contributed by atoms with Gasteiger partial charge in [0.25, 0.3) is 11.8 Å². The van der Waals surface area contributed by atoms with Gasteiger partial charge in [-0.15, -0.1) is 0 Å². The van der Waals surface area contributed by atoms with Crippen LogP contribution in [0.3, 0.4) is 0 Å². The summed E-state index contributed by atoms with van der Waals surface area (Å²) in [5, 5.41) is 0. The van der Waals surface area contributed by atoms with Crippen LogP contribution in [0, 0.1) is 0 Å². The van der Waals surface area contributed by atoms with Gasteiger partial charge in [-0.05, 0) is 24.3 Å². The predicted octanol–water partition coefficient (Wildman–Crippen LogP) is 1.90. The third-order valence-corrected chi connectivity index (χ3v) is 3.15. The second kappa shape index (κ2) is 4.70. The van der Waals surface area contributed by atoms with Crippen molar-refractivity contribution < 1.29 is 14.3 Å². The Morgan fingerprint density at radius 1 is 0.900 bits per heavy atom. The van der Waals surface area contributed by atoms with Crippen LogP contribution in [0.2, 0.25) is 0 Å². The number of rotatable bonds is 3. The largest absolute Gasteiger partial charge is 0.470 e. The molecule has 20 heavy (non-hydrogen) atoms. The topological polar surface area (TPSA) is 72.6 Å². The maximum absolute atomic E-state index is 12.1. The van der Waals surface area contributed by atoms with Gasteiger partial charge in [-0.25, -0.2) is 4.90 Å². The molecule has 1 aliphatic rings. The van der Waals surface area contributed by atoms with Crippen molar-refractivity contribution in [2.45, 2.75) is 0 Å². The highest BCUT2D eigenvalue weighted by Gasteiger charge is 2.35. The van der Waals surface area contributed by atoms with Gasteiger partial charge in [0, 0.05) is 0 Å². The summed E-state index contributed by atoms with van der Waals surface area (Å²) < 4.78 is 5.45. The van der Waals surface area contributed by atoms with Crippen LogP contribution < -0.4 is 10.5 Å². The summed E-state index contributed by atoms with van der Waals surface area (Å²) in [5.41, 5.74) is 7.02. The van der Waals surface area contributed by atoms with Crippen molar-refractivity contribution in [1.29, 1.82) is 0 Å². The number of anilines is 1. The second-order valence-electron chi connectivity index (χ2n) is 4.40. The molecule has 2 aromatic rings. The summed E-state index contributed by atoms with van der Waals surface area (Å²) in [6.07, 6.45) is 0. The van der Waals surface area contributed by atoms with Crippen LogP contribution >= 0.6 is 0 Å². The van der Waals surface area contributed by atoms with E-state index >= 15 is 0 Å². The van der Waals surface area contributed by atoms with Crippen molar-refractivity contribution in [3.63, 3.8) is 0 Å². The van der Waals surface area contributed by atoms with Crippen LogP contribution in [0.15, 0.2) is 48.5 Å². The first kappa shape index (κ1) is 12.2. The molecule has 0 spiro atoms. The number of fused-ring (bicyclic) bond motifs is 1. The highest BCUT2D eigenvalue weighted by Crippen LogP contribution is 2.24. The van der Waals surface area contributed by atoms with Crippen molar-refractivity contribution in [3.8, 4) is 5.75 Å². The van der Waals surface area contributed by atoms with Crippen LogP contribution in [0.1, 0.15) is 20.7 Å². The zero-order chi connectivity index (χ0) is 14.1. The van der Waals surface area contributed by atoms with Crippen LogP contribution in [-0.2, 0) is 0 Å². The first-order chi connectivity index (χ1) is 9.68. The summed E-state index contributed by atoms with van der Waals surface area (Å²) in [6.45, 7) is -0.152. The number of nitrogens with zero attached hydrogens (tertiary/aromatic N) is 1. The molecule has 0 saturated heterocycles. The molecule has 100 valence electrons. The summed E-state index contributed by atoms with van der Waals surface area (Å²) in [7, 11) is 0. The molecule has 0 fully saturated rings. The lowest BCUT2D eigenvalue weighted by molar-refractivity contribution is 0.0523. The number of benzene rings is 2. The van der Waals surface area contributed by atoms with E-state index in [1.165, 1.54) is 0 Å². The van der Waals surface area contributed by atoms with Gasteiger partial charge >= 0.3 is 0 Å². The van der Waals surface area contributed by atoms with E-state index in [0.29, 0.717) is 22.6 Å². The third-order valence-electron chi connectivity index (χ3n) is 3.15. The van der Waals surface area contributed by atoms with E-state index in [9.17, 15) is 9.59 Å². The highest BCUT2D eigenvalue weighted by molar-refractivity contribution is 6.21. The number of imide groups is 1. The molecule has 3 rings (SSSR count). The van der Waals surface area contributed by atoms with E-state index in [2.05, 4.69) is 0 Å². The van der Waals surface area contributed by atoms with Gasteiger partial charge in [-0.1, -0.05) is 24.3 Å². The van der Waals surface area contributed by atoms with E-state index in [0.717, 1.165) is 4.90 Å². The molecule has 0 bridgehead atoms. The Balaban J connectivity index is 1.79. The van der Waals surface area contributed by atoms with Crippen molar-refractivity contribution in [2.75, 3.05) is 12.5 Å². The number of hydrogen-bond donors (Lipinski definition) is 1. The Kier molecular flexibility index (Phi) is 2.87. The molecule has 0 unspecified atom stereocenters. The summed E-state index contributed by atoms with van der Waals surface area (Å²) in [5.74, 6) is -0.246. The predicted molar refractivity (Wildman–Crippen MR) is 73.3 cm³/mol. The first-order valence-corrected chi connectivity index (χ1v) is 6.11. The minimum absolute atomic E-state index is 0.152. The standard InChI is InChI=1S/C15H12N2O3/c16-12-7-3-4-8-13(12)20-9-17-14(18)10-5-1-2-6-11(10)15(17)19/h1-8H,9,16H2. The number of hydrogen-bond acceptors (Lipinski definition) is 4. The van der Waals surface area contributed by atoms with Gasteiger partial charge in [0.15, 0.2) is 6.73 Å². The molecule has 0 aromatic heterocycles. The monoisotopic (exact) mass is 268 g/mol. The Morgan fingerprint density at radius 2 is 1.45 bits per heavy atom. The average molecular weight is 268 g/mol. The van der Waals surface area contributed by atoms with Gasteiger partial charge in [-0.2, -0.15) is 0 Å². The van der Waals surface area contributed by atoms with Gasteiger partial charge < -0.3 is 10.5 Å². The normalized spacial score (nSPS) is 13.5. The summed E-state index contributed by atoms with van der Waals surface area (Å²) in [4.78, 5) is 25.3. The highest BCUT2D eigenvalue weighted by atomic mass is 16.5. The number of nitrogen functional groups attached to an aromatic ring is 1.